The summed E-state index contributed by atoms with van der Waals surface area (Å²) in [6.07, 6.45) is -1.30. The number of hydrogen-bond acceptors (Lipinski definition) is 11. The summed E-state index contributed by atoms with van der Waals surface area (Å²) in [5, 5.41) is -0.126. The Hall–Kier alpha value is -2.14. The van der Waals surface area contributed by atoms with Crippen LogP contribution < -0.4 is 0 Å². The molecule has 2 fully saturated rings. The molecule has 0 spiro atoms. The summed E-state index contributed by atoms with van der Waals surface area (Å²) in [4.78, 5) is 59.3. The normalized spacial score (nSPS) is 28.5. The molecule has 0 aromatic rings. The van der Waals surface area contributed by atoms with Gasteiger partial charge < -0.3 is 23.7 Å². The van der Waals surface area contributed by atoms with Gasteiger partial charge in [-0.3, -0.25) is 24.0 Å². The maximum Gasteiger partial charge on any atom is 0.303 e. The van der Waals surface area contributed by atoms with E-state index in [1.54, 1.807) is 0 Å². The van der Waals surface area contributed by atoms with Crippen molar-refractivity contribution in [1.29, 1.82) is 0 Å². The summed E-state index contributed by atoms with van der Waals surface area (Å²) in [6, 6.07) is 0. The zero-order valence-electron chi connectivity index (χ0n) is 18.0. The van der Waals surface area contributed by atoms with E-state index in [4.69, 9.17) is 23.7 Å². The Morgan fingerprint density at radius 1 is 0.774 bits per heavy atom. The Bertz CT molecular complexity index is 702. The SMILES string of the molecule is CC(=O)OCC1O[C@H](SC(=O)C2CCCC2)[C@@H](OC(C)=O)C(OC(C)=O)[C@@H]1OC(C)=O. The average molecular weight is 461 g/mol. The van der Waals surface area contributed by atoms with Gasteiger partial charge in [0.2, 0.25) is 0 Å². The monoisotopic (exact) mass is 460 g/mol. The molecule has 0 N–H and O–H groups in total. The number of carbonyl (C=O) groups excluding carboxylic acids is 5. The molecule has 1 aliphatic carbocycles. The molecule has 0 bridgehead atoms. The third-order valence-electron chi connectivity index (χ3n) is 4.87. The summed E-state index contributed by atoms with van der Waals surface area (Å²) >= 11 is 0.847. The van der Waals surface area contributed by atoms with Crippen LogP contribution in [0.25, 0.3) is 0 Å². The lowest BCUT2D eigenvalue weighted by Gasteiger charge is -2.44. The van der Waals surface area contributed by atoms with Gasteiger partial charge in [0.15, 0.2) is 28.9 Å². The van der Waals surface area contributed by atoms with E-state index in [0.717, 1.165) is 58.2 Å². The van der Waals surface area contributed by atoms with Crippen LogP contribution in [0.5, 0.6) is 0 Å². The van der Waals surface area contributed by atoms with Gasteiger partial charge in [-0.1, -0.05) is 24.6 Å². The molecule has 2 aliphatic rings. The van der Waals surface area contributed by atoms with E-state index < -0.39 is 53.7 Å². The Balaban J connectivity index is 2.36. The Morgan fingerprint density at radius 2 is 1.29 bits per heavy atom. The number of ether oxygens (including phenoxy) is 5. The molecule has 1 heterocycles. The smallest absolute Gasteiger partial charge is 0.303 e. The minimum atomic E-state index is -1.26. The van der Waals surface area contributed by atoms with Crippen LogP contribution in [0.2, 0.25) is 0 Å². The van der Waals surface area contributed by atoms with Crippen molar-refractivity contribution in [2.24, 2.45) is 5.92 Å². The minimum absolute atomic E-state index is 0.126. The molecule has 2 unspecified atom stereocenters. The predicted molar refractivity (Wildman–Crippen MR) is 107 cm³/mol. The number of carbonyl (C=O) groups is 5. The van der Waals surface area contributed by atoms with Gasteiger partial charge in [0.05, 0.1) is 0 Å². The molecule has 11 heteroatoms. The summed E-state index contributed by atoms with van der Waals surface area (Å²) in [5.74, 6) is -2.84. The number of thioether (sulfide) groups is 1. The van der Waals surface area contributed by atoms with Crippen molar-refractivity contribution in [1.82, 2.24) is 0 Å². The van der Waals surface area contributed by atoms with Gasteiger partial charge in [0, 0.05) is 33.6 Å². The van der Waals surface area contributed by atoms with Crippen LogP contribution >= 0.6 is 11.8 Å². The first-order chi connectivity index (χ1) is 14.6. The highest BCUT2D eigenvalue weighted by atomic mass is 32.2. The molecular formula is C20H28O10S. The second kappa shape index (κ2) is 11.5. The van der Waals surface area contributed by atoms with Gasteiger partial charge >= 0.3 is 23.9 Å². The number of esters is 4. The van der Waals surface area contributed by atoms with E-state index in [9.17, 15) is 24.0 Å². The molecule has 31 heavy (non-hydrogen) atoms. The molecule has 0 aromatic carbocycles. The zero-order chi connectivity index (χ0) is 23.1. The first kappa shape index (κ1) is 25.1. The molecule has 0 radical (unpaired) electrons. The van der Waals surface area contributed by atoms with Gasteiger partial charge in [0.1, 0.15) is 12.7 Å². The first-order valence-electron chi connectivity index (χ1n) is 10.1. The van der Waals surface area contributed by atoms with Crippen LogP contribution in [-0.2, 0) is 47.7 Å². The predicted octanol–water partition coefficient (Wildman–Crippen LogP) is 1.52. The Labute approximate surface area is 184 Å². The van der Waals surface area contributed by atoms with E-state index >= 15 is 0 Å². The molecule has 5 atom stereocenters. The van der Waals surface area contributed by atoms with Crippen LogP contribution in [0, 0.1) is 5.92 Å². The Morgan fingerprint density at radius 3 is 1.81 bits per heavy atom. The molecule has 174 valence electrons. The zero-order valence-corrected chi connectivity index (χ0v) is 18.8. The molecule has 1 aliphatic heterocycles. The first-order valence-corrected chi connectivity index (χ1v) is 11.0. The third-order valence-corrected chi connectivity index (χ3v) is 6.05. The van der Waals surface area contributed by atoms with Crippen LogP contribution in [-0.4, -0.2) is 65.5 Å². The fraction of sp³-hybridized carbons (Fsp3) is 0.750. The van der Waals surface area contributed by atoms with Crippen LogP contribution in [0.3, 0.4) is 0 Å². The summed E-state index contributed by atoms with van der Waals surface area (Å²) < 4.78 is 26.9. The van der Waals surface area contributed by atoms with E-state index in [1.165, 1.54) is 6.92 Å². The number of rotatable bonds is 7. The van der Waals surface area contributed by atoms with Crippen molar-refractivity contribution >= 4 is 40.8 Å². The quantitative estimate of drug-likeness (QED) is 0.404. The van der Waals surface area contributed by atoms with Crippen molar-refractivity contribution in [3.8, 4) is 0 Å². The second-order valence-electron chi connectivity index (χ2n) is 7.49. The largest absolute Gasteiger partial charge is 0.463 e. The van der Waals surface area contributed by atoms with Crippen molar-refractivity contribution in [2.75, 3.05) is 6.61 Å². The fourth-order valence-corrected chi connectivity index (χ4v) is 4.86. The highest BCUT2D eigenvalue weighted by Gasteiger charge is 2.53. The summed E-state index contributed by atoms with van der Waals surface area (Å²) in [5.41, 5.74) is -1.05. The molecule has 2 rings (SSSR count). The molecule has 0 amide bonds. The Kier molecular flexibility index (Phi) is 9.30. The van der Waals surface area contributed by atoms with Crippen molar-refractivity contribution in [3.63, 3.8) is 0 Å². The van der Waals surface area contributed by atoms with Crippen molar-refractivity contribution in [2.45, 2.75) is 83.2 Å². The average Bonchev–Trinajstić information content (AvgIpc) is 3.18. The lowest BCUT2D eigenvalue weighted by molar-refractivity contribution is -0.237. The number of hydrogen-bond donors (Lipinski definition) is 0. The van der Waals surface area contributed by atoms with Crippen LogP contribution in [0.1, 0.15) is 53.4 Å². The molecule has 0 aromatic heterocycles. The molecule has 1 saturated heterocycles. The fourth-order valence-electron chi connectivity index (χ4n) is 3.66. The topological polar surface area (TPSA) is 132 Å². The maximum absolute atomic E-state index is 12.8. The van der Waals surface area contributed by atoms with E-state index in [1.807, 2.05) is 0 Å². The van der Waals surface area contributed by atoms with Gasteiger partial charge in [0.25, 0.3) is 0 Å². The third kappa shape index (κ3) is 7.49. The van der Waals surface area contributed by atoms with Gasteiger partial charge in [-0.05, 0) is 12.8 Å². The lowest BCUT2D eigenvalue weighted by Crippen LogP contribution is -2.61. The molecule has 10 nitrogen and oxygen atoms in total. The van der Waals surface area contributed by atoms with Gasteiger partial charge in [-0.25, -0.2) is 0 Å². The highest BCUT2D eigenvalue weighted by Crippen LogP contribution is 2.38. The van der Waals surface area contributed by atoms with Crippen molar-refractivity contribution in [3.05, 3.63) is 0 Å². The second-order valence-corrected chi connectivity index (χ2v) is 8.59. The van der Waals surface area contributed by atoms with Gasteiger partial charge in [-0.15, -0.1) is 0 Å². The summed E-state index contributed by atoms with van der Waals surface area (Å²) in [6.45, 7) is 4.35. The molecular weight excluding hydrogens is 432 g/mol. The van der Waals surface area contributed by atoms with Crippen molar-refractivity contribution < 1.29 is 47.7 Å². The van der Waals surface area contributed by atoms with Crippen LogP contribution in [0.15, 0.2) is 0 Å². The van der Waals surface area contributed by atoms with E-state index in [-0.39, 0.29) is 17.6 Å². The standard InChI is InChI=1S/C20H28O10S/c1-10(21)26-9-15-16(27-11(2)22)17(28-12(3)23)18(29-13(4)24)20(30-15)31-19(25)14-7-5-6-8-14/h14-18,20H,5-9H2,1-4H3/t15?,16-,17?,18+,20-/m1/s1. The van der Waals surface area contributed by atoms with E-state index in [0.29, 0.717) is 0 Å². The maximum atomic E-state index is 12.8. The minimum Gasteiger partial charge on any atom is -0.463 e. The highest BCUT2D eigenvalue weighted by molar-refractivity contribution is 8.14. The lowest BCUT2D eigenvalue weighted by atomic mass is 9.99. The van der Waals surface area contributed by atoms with Crippen LogP contribution in [0.4, 0.5) is 0 Å². The van der Waals surface area contributed by atoms with E-state index in [2.05, 4.69) is 0 Å². The van der Waals surface area contributed by atoms with Gasteiger partial charge in [-0.2, -0.15) is 0 Å². The summed E-state index contributed by atoms with van der Waals surface area (Å²) in [7, 11) is 0. The molecule has 1 saturated carbocycles.